The second-order valence-electron chi connectivity index (χ2n) is 8.82. The van der Waals surface area contributed by atoms with Crippen molar-refractivity contribution in [2.24, 2.45) is 5.92 Å². The number of benzene rings is 3. The van der Waals surface area contributed by atoms with E-state index in [4.69, 9.17) is 4.74 Å². The average molecular weight is 439 g/mol. The Labute approximate surface area is 188 Å². The lowest BCUT2D eigenvalue weighted by Gasteiger charge is -2.27. The summed E-state index contributed by atoms with van der Waals surface area (Å²) in [7, 11) is 0. The minimum atomic E-state index is -0.830. The number of ether oxygens (including phenoxy) is 1. The predicted octanol–water partition coefficient (Wildman–Crippen LogP) is 8.27. The van der Waals surface area contributed by atoms with Crippen LogP contribution in [0, 0.1) is 23.4 Å². The van der Waals surface area contributed by atoms with E-state index < -0.39 is 11.6 Å². The van der Waals surface area contributed by atoms with Crippen molar-refractivity contribution in [1.82, 2.24) is 0 Å². The van der Waals surface area contributed by atoms with Crippen LogP contribution in [0.3, 0.4) is 0 Å². The summed E-state index contributed by atoms with van der Waals surface area (Å²) in [5.74, 6) is -1.38. The van der Waals surface area contributed by atoms with Crippen molar-refractivity contribution in [2.75, 3.05) is 6.61 Å². The molecule has 0 radical (unpaired) electrons. The highest BCUT2D eigenvalue weighted by Gasteiger charge is 2.21. The highest BCUT2D eigenvalue weighted by Crippen LogP contribution is 2.34. The maximum absolute atomic E-state index is 14.9. The summed E-state index contributed by atoms with van der Waals surface area (Å²) < 4.78 is 49.9. The van der Waals surface area contributed by atoms with E-state index in [1.165, 1.54) is 0 Å². The number of hydrogen-bond donors (Lipinski definition) is 0. The van der Waals surface area contributed by atoms with Gasteiger partial charge in [-0.25, -0.2) is 13.2 Å². The van der Waals surface area contributed by atoms with Crippen molar-refractivity contribution in [2.45, 2.75) is 52.1 Å². The Balaban J connectivity index is 1.55. The van der Waals surface area contributed by atoms with Gasteiger partial charge in [-0.2, -0.15) is 0 Å². The van der Waals surface area contributed by atoms with Gasteiger partial charge in [0.2, 0.25) is 0 Å². The van der Waals surface area contributed by atoms with E-state index in [1.54, 1.807) is 48.5 Å². The van der Waals surface area contributed by atoms with Gasteiger partial charge in [-0.1, -0.05) is 68.8 Å². The Morgan fingerprint density at radius 1 is 0.844 bits per heavy atom. The van der Waals surface area contributed by atoms with Crippen LogP contribution in [0.5, 0.6) is 0 Å². The van der Waals surface area contributed by atoms with E-state index in [0.717, 1.165) is 31.2 Å². The number of halogens is 3. The Hall–Kier alpha value is -2.59. The highest BCUT2D eigenvalue weighted by atomic mass is 19.2. The van der Waals surface area contributed by atoms with E-state index in [0.29, 0.717) is 41.2 Å². The number of rotatable bonds is 6. The van der Waals surface area contributed by atoms with Crippen molar-refractivity contribution >= 4 is 0 Å². The molecule has 32 heavy (non-hydrogen) atoms. The third-order valence-electron chi connectivity index (χ3n) is 6.34. The molecule has 1 heterocycles. The van der Waals surface area contributed by atoms with Gasteiger partial charge in [-0.15, -0.1) is 0 Å². The van der Waals surface area contributed by atoms with Gasteiger partial charge < -0.3 is 4.74 Å². The minimum absolute atomic E-state index is 0.0599. The zero-order valence-corrected chi connectivity index (χ0v) is 18.6. The SMILES string of the molecule is CCCCc1ccc(-c2ccc(-c3ccc(C4CCC(C)CO4)cc3F)cc2)c(F)c1F. The molecule has 0 amide bonds. The fourth-order valence-corrected chi connectivity index (χ4v) is 4.31. The molecule has 0 N–H and O–H groups in total. The molecule has 1 aliphatic heterocycles. The molecule has 4 rings (SSSR count). The fourth-order valence-electron chi connectivity index (χ4n) is 4.31. The number of unbranched alkanes of at least 4 members (excludes halogenated alkanes) is 1. The summed E-state index contributed by atoms with van der Waals surface area (Å²) in [6, 6.07) is 15.4. The van der Waals surface area contributed by atoms with Crippen LogP contribution in [0.15, 0.2) is 54.6 Å². The van der Waals surface area contributed by atoms with Crippen LogP contribution < -0.4 is 0 Å². The molecule has 1 nitrogen and oxygen atoms in total. The van der Waals surface area contributed by atoms with Crippen LogP contribution in [0.2, 0.25) is 0 Å². The maximum atomic E-state index is 14.9. The Bertz CT molecular complexity index is 1070. The van der Waals surface area contributed by atoms with Crippen molar-refractivity contribution < 1.29 is 17.9 Å². The molecular weight excluding hydrogens is 409 g/mol. The smallest absolute Gasteiger partial charge is 0.166 e. The van der Waals surface area contributed by atoms with E-state index in [1.807, 2.05) is 13.0 Å². The van der Waals surface area contributed by atoms with Crippen molar-refractivity contribution in [3.8, 4) is 22.3 Å². The molecule has 4 heteroatoms. The second kappa shape index (κ2) is 9.91. The summed E-state index contributed by atoms with van der Waals surface area (Å²) >= 11 is 0. The fraction of sp³-hybridized carbons (Fsp3) is 0.357. The first-order valence-electron chi connectivity index (χ1n) is 11.5. The molecule has 0 spiro atoms. The van der Waals surface area contributed by atoms with Crippen LogP contribution in [-0.2, 0) is 11.2 Å². The van der Waals surface area contributed by atoms with Crippen LogP contribution in [-0.4, -0.2) is 6.61 Å². The summed E-state index contributed by atoms with van der Waals surface area (Å²) in [4.78, 5) is 0. The maximum Gasteiger partial charge on any atom is 0.166 e. The summed E-state index contributed by atoms with van der Waals surface area (Å²) in [6.45, 7) is 4.88. The molecule has 168 valence electrons. The minimum Gasteiger partial charge on any atom is -0.373 e. The largest absolute Gasteiger partial charge is 0.373 e. The number of hydrogen-bond acceptors (Lipinski definition) is 1. The van der Waals surface area contributed by atoms with Gasteiger partial charge in [0.25, 0.3) is 0 Å². The van der Waals surface area contributed by atoms with Gasteiger partial charge in [0, 0.05) is 17.7 Å². The lowest BCUT2D eigenvalue weighted by atomic mass is 9.93. The molecule has 3 aromatic carbocycles. The van der Waals surface area contributed by atoms with Crippen LogP contribution in [0.1, 0.15) is 56.8 Å². The molecular formula is C28H29F3O. The van der Waals surface area contributed by atoms with Crippen molar-refractivity contribution in [3.05, 3.63) is 83.2 Å². The lowest BCUT2D eigenvalue weighted by Crippen LogP contribution is -2.18. The average Bonchev–Trinajstić information content (AvgIpc) is 2.81. The van der Waals surface area contributed by atoms with Crippen molar-refractivity contribution in [3.63, 3.8) is 0 Å². The van der Waals surface area contributed by atoms with E-state index in [2.05, 4.69) is 6.92 Å². The topological polar surface area (TPSA) is 9.23 Å². The van der Waals surface area contributed by atoms with Crippen LogP contribution in [0.25, 0.3) is 22.3 Å². The van der Waals surface area contributed by atoms with E-state index >= 15 is 0 Å². The van der Waals surface area contributed by atoms with Crippen molar-refractivity contribution in [1.29, 1.82) is 0 Å². The molecule has 1 fully saturated rings. The zero-order chi connectivity index (χ0) is 22.7. The highest BCUT2D eigenvalue weighted by molar-refractivity contribution is 5.71. The Morgan fingerprint density at radius 2 is 1.53 bits per heavy atom. The Morgan fingerprint density at radius 3 is 2.16 bits per heavy atom. The van der Waals surface area contributed by atoms with Gasteiger partial charge in [0.1, 0.15) is 5.82 Å². The van der Waals surface area contributed by atoms with Gasteiger partial charge in [-0.3, -0.25) is 0 Å². The normalized spacial score (nSPS) is 18.7. The zero-order valence-electron chi connectivity index (χ0n) is 18.6. The van der Waals surface area contributed by atoms with Gasteiger partial charge in [-0.05, 0) is 59.9 Å². The third-order valence-corrected chi connectivity index (χ3v) is 6.34. The van der Waals surface area contributed by atoms with Gasteiger partial charge in [0.05, 0.1) is 6.10 Å². The molecule has 0 aromatic heterocycles. The quantitative estimate of drug-likeness (QED) is 0.376. The molecule has 1 saturated heterocycles. The molecule has 2 unspecified atom stereocenters. The molecule has 0 aliphatic carbocycles. The summed E-state index contributed by atoms with van der Waals surface area (Å²) in [5, 5.41) is 0. The molecule has 0 bridgehead atoms. The van der Waals surface area contributed by atoms with E-state index in [9.17, 15) is 13.2 Å². The van der Waals surface area contributed by atoms with Gasteiger partial charge in [0.15, 0.2) is 11.6 Å². The monoisotopic (exact) mass is 438 g/mol. The molecule has 3 aromatic rings. The summed E-state index contributed by atoms with van der Waals surface area (Å²) in [6.07, 6.45) is 4.18. The first kappa shape index (κ1) is 22.6. The standard InChI is InChI=1S/C28H29F3O/c1-3-4-5-21-11-14-24(28(31)27(21)30)20-9-7-19(8-10-20)23-13-12-22(16-25(23)29)26-15-6-18(2)17-32-26/h7-14,16,18,26H,3-6,15,17H2,1-2H3. The lowest BCUT2D eigenvalue weighted by molar-refractivity contribution is -0.0125. The molecule has 0 saturated carbocycles. The first-order valence-corrected chi connectivity index (χ1v) is 11.5. The van der Waals surface area contributed by atoms with Crippen LogP contribution >= 0.6 is 0 Å². The van der Waals surface area contributed by atoms with Gasteiger partial charge >= 0.3 is 0 Å². The predicted molar refractivity (Wildman–Crippen MR) is 123 cm³/mol. The first-order chi connectivity index (χ1) is 15.5. The van der Waals surface area contributed by atoms with E-state index in [-0.39, 0.29) is 17.5 Å². The summed E-state index contributed by atoms with van der Waals surface area (Å²) in [5.41, 5.74) is 3.21. The Kier molecular flexibility index (Phi) is 7.00. The number of aryl methyl sites for hydroxylation is 1. The third kappa shape index (κ3) is 4.75. The molecule has 1 aliphatic rings. The second-order valence-corrected chi connectivity index (χ2v) is 8.82. The van der Waals surface area contributed by atoms with Crippen LogP contribution in [0.4, 0.5) is 13.2 Å². The molecule has 2 atom stereocenters.